The summed E-state index contributed by atoms with van der Waals surface area (Å²) in [6.07, 6.45) is 0. The van der Waals surface area contributed by atoms with Crippen LogP contribution in [0, 0.1) is 0 Å². The van der Waals surface area contributed by atoms with Gasteiger partial charge in [-0.1, -0.05) is 6.82 Å². The van der Waals surface area contributed by atoms with Gasteiger partial charge in [0.1, 0.15) is 7.74 Å². The quantitative estimate of drug-likeness (QED) is 0.343. The predicted octanol–water partition coefficient (Wildman–Crippen LogP) is -1.27. The lowest BCUT2D eigenvalue weighted by atomic mass is 9.50. The molecule has 0 radical (unpaired) electrons. The van der Waals surface area contributed by atoms with Crippen LogP contribution in [0.5, 0.6) is 0 Å². The molecule has 0 spiro atoms. The van der Waals surface area contributed by atoms with Gasteiger partial charge in [0.15, 0.2) is 0 Å². The lowest BCUT2D eigenvalue weighted by Crippen LogP contribution is -2.02. The third kappa shape index (κ3) is 307. The van der Waals surface area contributed by atoms with Crippen LogP contribution in [0.25, 0.3) is 0 Å². The van der Waals surface area contributed by atoms with Crippen molar-refractivity contribution in [1.29, 1.82) is 0 Å². The first-order chi connectivity index (χ1) is 1.73. The summed E-state index contributed by atoms with van der Waals surface area (Å²) in [6, 6.07) is 0. The minimum Gasteiger partial charge on any atom is -0.459 e. The third-order valence-corrected chi connectivity index (χ3v) is 0. The summed E-state index contributed by atoms with van der Waals surface area (Å²) in [5.74, 6) is 0. The maximum Gasteiger partial charge on any atom is 0.239 e. The van der Waals surface area contributed by atoms with Gasteiger partial charge in [0.25, 0.3) is 0 Å². The molecule has 0 atom stereocenters. The second kappa shape index (κ2) is 1.41. The van der Waals surface area contributed by atoms with Crippen molar-refractivity contribution in [2.24, 2.45) is 0 Å². The van der Waals surface area contributed by atoms with Crippen LogP contribution in [0.4, 0.5) is 0 Å². The molecule has 3 heteroatoms. The lowest BCUT2D eigenvalue weighted by molar-refractivity contribution is 0.601. The second-order valence-electron chi connectivity index (χ2n) is 1.09. The highest BCUT2D eigenvalue weighted by atomic mass is 16.2. The first-order valence-corrected chi connectivity index (χ1v) is 1.41. The van der Waals surface area contributed by atoms with Gasteiger partial charge in [-0.25, -0.2) is 0 Å². The predicted molar refractivity (Wildman–Crippen MR) is 22.4 cm³/mol. The van der Waals surface area contributed by atoms with Crippen LogP contribution >= 0.6 is 0 Å². The van der Waals surface area contributed by atoms with Gasteiger partial charge in [-0.15, -0.1) is 0 Å². The Morgan fingerprint density at radius 3 is 2.00 bits per heavy atom. The van der Waals surface area contributed by atoms with E-state index in [1.807, 2.05) is 0 Å². The number of hydrogen-bond acceptors (Lipinski definition) is 1. The Labute approximate surface area is 27.5 Å². The maximum atomic E-state index is 8.06. The Kier molecular flexibility index (Phi) is 1.45. The van der Waals surface area contributed by atoms with Crippen molar-refractivity contribution in [3.8, 4) is 0 Å². The van der Waals surface area contributed by atoms with E-state index in [1.165, 1.54) is 0 Å². The van der Waals surface area contributed by atoms with E-state index in [0.717, 1.165) is 0 Å². The molecule has 4 heavy (non-hydrogen) atoms. The van der Waals surface area contributed by atoms with Crippen molar-refractivity contribution < 1.29 is 5.02 Å². The van der Waals surface area contributed by atoms with E-state index in [0.29, 0.717) is 0 Å². The minimum absolute atomic E-state index is 0.167. The summed E-state index contributed by atoms with van der Waals surface area (Å²) < 4.78 is 0. The van der Waals surface area contributed by atoms with Gasteiger partial charge in [-0.3, -0.25) is 0 Å². The van der Waals surface area contributed by atoms with Crippen LogP contribution in [0.15, 0.2) is 0 Å². The summed E-state index contributed by atoms with van der Waals surface area (Å²) in [6.45, 7) is 1.56. The first kappa shape index (κ1) is 4.09. The van der Waals surface area contributed by atoms with E-state index in [9.17, 15) is 0 Å². The Balaban J connectivity index is 2.32. The van der Waals surface area contributed by atoms with E-state index in [2.05, 4.69) is 0 Å². The van der Waals surface area contributed by atoms with Gasteiger partial charge in [0.05, 0.1) is 0 Å². The zero-order valence-corrected chi connectivity index (χ0v) is 3.02. The van der Waals surface area contributed by atoms with Gasteiger partial charge < -0.3 is 5.02 Å². The largest absolute Gasteiger partial charge is 0.459 e. The van der Waals surface area contributed by atoms with Gasteiger partial charge in [-0.05, 0) is 0 Å². The first-order valence-electron chi connectivity index (χ1n) is 1.41. The van der Waals surface area contributed by atoms with Gasteiger partial charge in [0, 0.05) is 0 Å². The molecule has 0 aliphatic rings. The molecule has 0 saturated carbocycles. The molecular weight excluding hydrogens is 49.6 g/mol. The van der Waals surface area contributed by atoms with Gasteiger partial charge in [-0.2, -0.15) is 0 Å². The molecule has 0 aromatic heterocycles. The molecule has 0 aliphatic carbocycles. The average molecular weight is 55.7 g/mol. The molecule has 0 heterocycles. The average Bonchev–Trinajstić information content (AvgIpc) is 0.811. The fourth-order valence-electron chi connectivity index (χ4n) is 0. The van der Waals surface area contributed by atoms with Crippen molar-refractivity contribution in [2.75, 3.05) is 0 Å². The number of rotatable bonds is 0. The molecule has 0 saturated heterocycles. The standard InChI is InChI=1S/CH6B2O/c1-3(2)4/h4H,2H2,1H3. The van der Waals surface area contributed by atoms with Crippen LogP contribution < -0.4 is 0 Å². The Hall–Kier alpha value is 0.0899. The van der Waals surface area contributed by atoms with Crippen molar-refractivity contribution >= 4 is 14.5 Å². The van der Waals surface area contributed by atoms with E-state index < -0.39 is 0 Å². The van der Waals surface area contributed by atoms with E-state index in [-0.39, 0.29) is 6.81 Å². The molecule has 22 valence electrons. The Morgan fingerprint density at radius 1 is 2.00 bits per heavy atom. The van der Waals surface area contributed by atoms with Crippen LogP contribution in [0.1, 0.15) is 0 Å². The molecule has 1 nitrogen and oxygen atoms in total. The Bertz CT molecular complexity index is 10.8. The van der Waals surface area contributed by atoms with Crippen molar-refractivity contribution in [2.45, 2.75) is 6.82 Å². The van der Waals surface area contributed by atoms with Crippen molar-refractivity contribution in [1.82, 2.24) is 0 Å². The van der Waals surface area contributed by atoms with Crippen LogP contribution in [0.2, 0.25) is 6.82 Å². The Morgan fingerprint density at radius 2 is 2.00 bits per heavy atom. The van der Waals surface area contributed by atoms with Crippen LogP contribution in [0.3, 0.4) is 0 Å². The van der Waals surface area contributed by atoms with Gasteiger partial charge >= 0.3 is 0 Å². The van der Waals surface area contributed by atoms with Gasteiger partial charge in [0.2, 0.25) is 6.81 Å². The minimum atomic E-state index is -0.167. The second-order valence-corrected chi connectivity index (χ2v) is 1.09. The lowest BCUT2D eigenvalue weighted by Gasteiger charge is -1.71. The molecule has 0 rings (SSSR count). The third-order valence-electron chi connectivity index (χ3n) is 0. The fourth-order valence-corrected chi connectivity index (χ4v) is 0. The number of hydrogen-bond donors (Lipinski definition) is 1. The summed E-state index contributed by atoms with van der Waals surface area (Å²) in [5, 5.41) is 8.06. The smallest absolute Gasteiger partial charge is 0.239 e. The molecule has 0 unspecified atom stereocenters. The highest BCUT2D eigenvalue weighted by molar-refractivity contribution is 6.97. The van der Waals surface area contributed by atoms with Crippen molar-refractivity contribution in [3.63, 3.8) is 0 Å². The van der Waals surface area contributed by atoms with E-state index in [4.69, 9.17) is 5.02 Å². The van der Waals surface area contributed by atoms with Crippen LogP contribution in [-0.4, -0.2) is 19.6 Å². The zero-order chi connectivity index (χ0) is 3.58. The monoisotopic (exact) mass is 56.1 g/mol. The maximum absolute atomic E-state index is 8.06. The highest BCUT2D eigenvalue weighted by Gasteiger charge is 1.81. The molecule has 0 aromatic rings. The molecule has 0 fully saturated rings. The molecule has 1 N–H and O–H groups in total. The molecule has 0 aromatic carbocycles. The summed E-state index contributed by atoms with van der Waals surface area (Å²) >= 11 is 0. The van der Waals surface area contributed by atoms with E-state index >= 15 is 0 Å². The molecular formula is CH6B2O. The summed E-state index contributed by atoms with van der Waals surface area (Å²) in [5.41, 5.74) is 0. The van der Waals surface area contributed by atoms with Crippen molar-refractivity contribution in [3.05, 3.63) is 0 Å². The SMILES string of the molecule is BB(C)O. The fraction of sp³-hybridized carbons (Fsp3) is 1.00. The molecule has 0 bridgehead atoms. The normalized spacial score (nSPS) is 6.50. The topological polar surface area (TPSA) is 20.2 Å². The summed E-state index contributed by atoms with van der Waals surface area (Å²) in [7, 11) is 1.72. The van der Waals surface area contributed by atoms with Crippen LogP contribution in [-0.2, 0) is 0 Å². The molecule has 0 aliphatic heterocycles. The highest BCUT2D eigenvalue weighted by Crippen LogP contribution is 1.50. The van der Waals surface area contributed by atoms with E-state index in [1.54, 1.807) is 14.6 Å². The zero-order valence-electron chi connectivity index (χ0n) is 3.02. The molecule has 0 amide bonds. The summed E-state index contributed by atoms with van der Waals surface area (Å²) in [4.78, 5) is 0.